The second-order valence-corrected chi connectivity index (χ2v) is 8.01. The normalized spacial score (nSPS) is 11.1. The average Bonchev–Trinajstić information content (AvgIpc) is 3.21. The van der Waals surface area contributed by atoms with E-state index in [9.17, 15) is 0 Å². The largest absolute Gasteiger partial charge is 0.494 e. The quantitative estimate of drug-likeness (QED) is 0.454. The van der Waals surface area contributed by atoms with Crippen molar-refractivity contribution < 1.29 is 4.74 Å². The van der Waals surface area contributed by atoms with Gasteiger partial charge in [0.25, 0.3) is 0 Å². The summed E-state index contributed by atoms with van der Waals surface area (Å²) >= 11 is 3.59. The SMILES string of the molecule is COc1cccc2sc(Cc3ccc(-c4cccc(C)c4)s3)nc12. The molecule has 2 aromatic carbocycles. The predicted molar refractivity (Wildman–Crippen MR) is 103 cm³/mol. The van der Waals surface area contributed by atoms with Gasteiger partial charge in [0.15, 0.2) is 0 Å². The van der Waals surface area contributed by atoms with Crippen LogP contribution in [0.5, 0.6) is 5.75 Å². The number of aromatic nitrogens is 1. The molecular weight excluding hydrogens is 334 g/mol. The molecule has 0 saturated heterocycles. The third-order valence-electron chi connectivity index (χ3n) is 3.94. The van der Waals surface area contributed by atoms with Crippen molar-refractivity contribution in [3.63, 3.8) is 0 Å². The van der Waals surface area contributed by atoms with Crippen LogP contribution in [-0.2, 0) is 6.42 Å². The van der Waals surface area contributed by atoms with Crippen molar-refractivity contribution >= 4 is 32.9 Å². The first-order chi connectivity index (χ1) is 11.7. The summed E-state index contributed by atoms with van der Waals surface area (Å²) in [4.78, 5) is 7.43. The zero-order valence-electron chi connectivity index (χ0n) is 13.6. The fourth-order valence-corrected chi connectivity index (χ4v) is 4.89. The Kier molecular flexibility index (Phi) is 4.08. The Labute approximate surface area is 149 Å². The second-order valence-electron chi connectivity index (χ2n) is 5.73. The number of thiazole rings is 1. The molecule has 0 radical (unpaired) electrons. The van der Waals surface area contributed by atoms with Crippen molar-refractivity contribution in [1.82, 2.24) is 4.98 Å². The summed E-state index contributed by atoms with van der Waals surface area (Å²) in [5, 5.41) is 1.13. The molecule has 0 aliphatic carbocycles. The maximum Gasteiger partial charge on any atom is 0.145 e. The van der Waals surface area contributed by atoms with E-state index in [4.69, 9.17) is 9.72 Å². The number of hydrogen-bond donors (Lipinski definition) is 0. The number of thiophene rings is 1. The standard InChI is InChI=1S/C20H17NOS2/c1-13-5-3-6-14(11-13)17-10-9-15(23-17)12-19-21-20-16(22-2)7-4-8-18(20)24-19/h3-11H,12H2,1-2H3. The van der Waals surface area contributed by atoms with Gasteiger partial charge >= 0.3 is 0 Å². The Balaban J connectivity index is 1.62. The van der Waals surface area contributed by atoms with Crippen LogP contribution in [0.3, 0.4) is 0 Å². The van der Waals surface area contributed by atoms with E-state index < -0.39 is 0 Å². The first-order valence-electron chi connectivity index (χ1n) is 7.81. The lowest BCUT2D eigenvalue weighted by atomic mass is 10.1. The molecule has 0 spiro atoms. The van der Waals surface area contributed by atoms with Crippen molar-refractivity contribution in [1.29, 1.82) is 0 Å². The Morgan fingerprint density at radius 3 is 2.71 bits per heavy atom. The summed E-state index contributed by atoms with van der Waals surface area (Å²) in [5.74, 6) is 0.849. The highest BCUT2D eigenvalue weighted by Gasteiger charge is 2.10. The fourth-order valence-electron chi connectivity index (χ4n) is 2.78. The van der Waals surface area contributed by atoms with Crippen LogP contribution in [0.1, 0.15) is 15.4 Å². The zero-order chi connectivity index (χ0) is 16.5. The molecule has 2 aromatic heterocycles. The molecule has 0 fully saturated rings. The first kappa shape index (κ1) is 15.4. The van der Waals surface area contributed by atoms with Crippen LogP contribution in [0.4, 0.5) is 0 Å². The van der Waals surface area contributed by atoms with Gasteiger partial charge in [0.1, 0.15) is 11.3 Å². The highest BCUT2D eigenvalue weighted by molar-refractivity contribution is 7.19. The van der Waals surface area contributed by atoms with E-state index in [1.807, 2.05) is 23.5 Å². The summed E-state index contributed by atoms with van der Waals surface area (Å²) in [6, 6.07) is 19.2. The molecule has 0 aliphatic heterocycles. The van der Waals surface area contributed by atoms with Gasteiger partial charge < -0.3 is 4.74 Å². The number of aryl methyl sites for hydroxylation is 1. The van der Waals surface area contributed by atoms with Crippen molar-refractivity contribution in [3.05, 3.63) is 70.0 Å². The number of methoxy groups -OCH3 is 1. The molecule has 24 heavy (non-hydrogen) atoms. The van der Waals surface area contributed by atoms with Gasteiger partial charge in [-0.05, 0) is 36.8 Å². The predicted octanol–water partition coefficient (Wildman–Crippen LogP) is 5.93. The number of ether oxygens (including phenoxy) is 1. The Morgan fingerprint density at radius 1 is 1.00 bits per heavy atom. The lowest BCUT2D eigenvalue weighted by Gasteiger charge is -1.98. The lowest BCUT2D eigenvalue weighted by Crippen LogP contribution is -1.85. The van der Waals surface area contributed by atoms with Gasteiger partial charge in [-0.3, -0.25) is 0 Å². The topological polar surface area (TPSA) is 22.1 Å². The minimum absolute atomic E-state index is 0.849. The summed E-state index contributed by atoms with van der Waals surface area (Å²) in [6.07, 6.45) is 0.874. The number of nitrogens with zero attached hydrogens (tertiary/aromatic N) is 1. The molecule has 4 rings (SSSR count). The maximum absolute atomic E-state index is 5.41. The van der Waals surface area contributed by atoms with Crippen molar-refractivity contribution in [2.75, 3.05) is 7.11 Å². The molecule has 4 aromatic rings. The molecule has 0 unspecified atom stereocenters. The number of fused-ring (bicyclic) bond motifs is 1. The summed E-state index contributed by atoms with van der Waals surface area (Å²) in [7, 11) is 1.70. The number of hydrogen-bond acceptors (Lipinski definition) is 4. The van der Waals surface area contributed by atoms with E-state index in [0.29, 0.717) is 0 Å². The molecule has 0 atom stereocenters. The molecule has 0 amide bonds. The van der Waals surface area contributed by atoms with Crippen molar-refractivity contribution in [2.24, 2.45) is 0 Å². The van der Waals surface area contributed by atoms with Crippen LogP contribution in [0.25, 0.3) is 20.7 Å². The van der Waals surface area contributed by atoms with E-state index in [2.05, 4.69) is 49.4 Å². The van der Waals surface area contributed by atoms with Gasteiger partial charge in [0, 0.05) is 16.2 Å². The average molecular weight is 351 g/mol. The molecule has 0 bridgehead atoms. The molecular formula is C20H17NOS2. The van der Waals surface area contributed by atoms with Gasteiger partial charge in [-0.1, -0.05) is 35.9 Å². The maximum atomic E-state index is 5.41. The van der Waals surface area contributed by atoms with Crippen LogP contribution < -0.4 is 4.74 Å². The van der Waals surface area contributed by atoms with Crippen LogP contribution >= 0.6 is 22.7 Å². The summed E-state index contributed by atoms with van der Waals surface area (Å²) in [6.45, 7) is 2.13. The minimum Gasteiger partial charge on any atom is -0.494 e. The Bertz CT molecular complexity index is 1000. The molecule has 0 N–H and O–H groups in total. The second kappa shape index (κ2) is 6.38. The van der Waals surface area contributed by atoms with E-state index in [1.54, 1.807) is 18.4 Å². The number of benzene rings is 2. The van der Waals surface area contributed by atoms with Gasteiger partial charge in [-0.25, -0.2) is 4.98 Å². The van der Waals surface area contributed by atoms with E-state index in [1.165, 1.54) is 25.6 Å². The van der Waals surface area contributed by atoms with E-state index >= 15 is 0 Å². The third-order valence-corrected chi connectivity index (χ3v) is 6.09. The van der Waals surface area contributed by atoms with Crippen molar-refractivity contribution in [3.8, 4) is 16.2 Å². The van der Waals surface area contributed by atoms with Crippen LogP contribution in [0.2, 0.25) is 0 Å². The van der Waals surface area contributed by atoms with E-state index in [0.717, 1.165) is 22.7 Å². The number of rotatable bonds is 4. The number of para-hydroxylation sites is 1. The molecule has 120 valence electrons. The fraction of sp³-hybridized carbons (Fsp3) is 0.150. The van der Waals surface area contributed by atoms with E-state index in [-0.39, 0.29) is 0 Å². The summed E-state index contributed by atoms with van der Waals surface area (Å²) in [5.41, 5.74) is 3.55. The van der Waals surface area contributed by atoms with Gasteiger partial charge in [0.2, 0.25) is 0 Å². The lowest BCUT2D eigenvalue weighted by molar-refractivity contribution is 0.419. The van der Waals surface area contributed by atoms with Gasteiger partial charge in [0.05, 0.1) is 16.8 Å². The Hall–Kier alpha value is -2.17. The van der Waals surface area contributed by atoms with Crippen LogP contribution in [-0.4, -0.2) is 12.1 Å². The smallest absolute Gasteiger partial charge is 0.145 e. The van der Waals surface area contributed by atoms with Gasteiger partial charge in [-0.15, -0.1) is 22.7 Å². The van der Waals surface area contributed by atoms with Crippen molar-refractivity contribution in [2.45, 2.75) is 13.3 Å². The molecule has 4 heteroatoms. The molecule has 2 nitrogen and oxygen atoms in total. The van der Waals surface area contributed by atoms with Crippen LogP contribution in [0.15, 0.2) is 54.6 Å². The van der Waals surface area contributed by atoms with Crippen LogP contribution in [0, 0.1) is 6.92 Å². The molecule has 0 aliphatic rings. The monoisotopic (exact) mass is 351 g/mol. The Morgan fingerprint density at radius 2 is 1.88 bits per heavy atom. The highest BCUT2D eigenvalue weighted by Crippen LogP contribution is 2.33. The third kappa shape index (κ3) is 2.95. The highest BCUT2D eigenvalue weighted by atomic mass is 32.1. The first-order valence-corrected chi connectivity index (χ1v) is 9.44. The minimum atomic E-state index is 0.849. The van der Waals surface area contributed by atoms with Gasteiger partial charge in [-0.2, -0.15) is 0 Å². The molecule has 2 heterocycles. The summed E-state index contributed by atoms with van der Waals surface area (Å²) < 4.78 is 6.59. The zero-order valence-corrected chi connectivity index (χ0v) is 15.2. The molecule has 0 saturated carbocycles.